The molecule has 62 heavy (non-hydrogen) atoms. The van der Waals surface area contributed by atoms with Gasteiger partial charge in [0.15, 0.2) is 11.5 Å². The zero-order valence-electron chi connectivity index (χ0n) is 34.0. The van der Waals surface area contributed by atoms with Gasteiger partial charge in [0.2, 0.25) is 17.7 Å². The van der Waals surface area contributed by atoms with Gasteiger partial charge < -0.3 is 30.2 Å². The Morgan fingerprint density at radius 1 is 0.887 bits per heavy atom. The Bertz CT molecular complexity index is 2580. The third-order valence-corrected chi connectivity index (χ3v) is 12.1. The van der Waals surface area contributed by atoms with Gasteiger partial charge in [-0.1, -0.05) is 24.3 Å². The number of anilines is 2. The van der Waals surface area contributed by atoms with Gasteiger partial charge in [-0.3, -0.25) is 39.0 Å². The van der Waals surface area contributed by atoms with Crippen molar-refractivity contribution in [1.82, 2.24) is 44.9 Å². The van der Waals surface area contributed by atoms with Gasteiger partial charge in [-0.2, -0.15) is 0 Å². The van der Waals surface area contributed by atoms with Gasteiger partial charge in [-0.15, -0.1) is 0 Å². The Balaban J connectivity index is 0.706. The van der Waals surface area contributed by atoms with Crippen molar-refractivity contribution in [1.29, 1.82) is 0 Å². The van der Waals surface area contributed by atoms with Crippen LogP contribution in [0.1, 0.15) is 87.0 Å². The number of amides is 6. The maximum atomic E-state index is 13.4. The molecule has 0 spiro atoms. The van der Waals surface area contributed by atoms with Crippen molar-refractivity contribution in [2.24, 2.45) is 5.92 Å². The summed E-state index contributed by atoms with van der Waals surface area (Å²) in [5, 5.41) is 11.7. The van der Waals surface area contributed by atoms with E-state index in [-0.39, 0.29) is 60.3 Å². The lowest BCUT2D eigenvalue weighted by molar-refractivity contribution is -0.136. The highest BCUT2D eigenvalue weighted by molar-refractivity contribution is 6.25. The van der Waals surface area contributed by atoms with Crippen molar-refractivity contribution >= 4 is 58.1 Å². The van der Waals surface area contributed by atoms with Crippen molar-refractivity contribution in [3.63, 3.8) is 0 Å². The second-order valence-electron chi connectivity index (χ2n) is 16.2. The number of imidazole rings is 1. The van der Waals surface area contributed by atoms with E-state index in [1.165, 1.54) is 12.4 Å². The number of hydrogen-bond acceptors (Lipinski definition) is 13. The predicted octanol–water partition coefficient (Wildman–Crippen LogP) is 3.41. The highest BCUT2D eigenvalue weighted by atomic mass is 16.5. The summed E-state index contributed by atoms with van der Waals surface area (Å²) in [6.07, 6.45) is 6.50. The molecule has 0 unspecified atom stereocenters. The van der Waals surface area contributed by atoms with Crippen molar-refractivity contribution in [3.8, 4) is 5.75 Å². The smallest absolute Gasteiger partial charge is 0.270 e. The third-order valence-electron chi connectivity index (χ3n) is 12.1. The summed E-state index contributed by atoms with van der Waals surface area (Å²) in [6, 6.07) is 17.2. The molecule has 1 aliphatic carbocycles. The van der Waals surface area contributed by atoms with Crippen molar-refractivity contribution in [2.75, 3.05) is 36.9 Å². The summed E-state index contributed by atoms with van der Waals surface area (Å²) >= 11 is 0. The molecule has 3 aliphatic heterocycles. The van der Waals surface area contributed by atoms with Crippen LogP contribution in [-0.4, -0.2) is 108 Å². The number of fused-ring (bicyclic) bond motifs is 2. The summed E-state index contributed by atoms with van der Waals surface area (Å²) < 4.78 is 8.19. The number of hydrogen-bond donors (Lipinski definition) is 4. The predicted molar refractivity (Wildman–Crippen MR) is 224 cm³/mol. The summed E-state index contributed by atoms with van der Waals surface area (Å²) in [6.45, 7) is 3.96. The summed E-state index contributed by atoms with van der Waals surface area (Å²) in [5.74, 6) is -0.980. The van der Waals surface area contributed by atoms with E-state index in [0.29, 0.717) is 49.0 Å². The van der Waals surface area contributed by atoms with Gasteiger partial charge in [-0.05, 0) is 86.9 Å². The average Bonchev–Trinajstić information content (AvgIpc) is 3.81. The maximum absolute atomic E-state index is 13.4. The molecule has 1 atom stereocenters. The molecule has 318 valence electrons. The lowest BCUT2D eigenvalue weighted by atomic mass is 9.86. The topological polar surface area (TPSA) is 223 Å². The highest BCUT2D eigenvalue weighted by Gasteiger charge is 2.45. The summed E-state index contributed by atoms with van der Waals surface area (Å²) in [4.78, 5) is 97.1. The molecule has 4 N–H and O–H groups in total. The molecule has 3 aromatic heterocycles. The van der Waals surface area contributed by atoms with Crippen LogP contribution in [0.5, 0.6) is 5.75 Å². The molecule has 6 amide bonds. The van der Waals surface area contributed by atoms with E-state index in [4.69, 9.17) is 4.74 Å². The Labute approximate surface area is 355 Å². The third kappa shape index (κ3) is 8.14. The second kappa shape index (κ2) is 17.0. The highest BCUT2D eigenvalue weighted by Crippen LogP contribution is 2.36. The fourth-order valence-corrected chi connectivity index (χ4v) is 8.51. The van der Waals surface area contributed by atoms with Crippen LogP contribution < -0.4 is 26.0 Å². The van der Waals surface area contributed by atoms with Gasteiger partial charge in [0.25, 0.3) is 17.7 Å². The van der Waals surface area contributed by atoms with E-state index in [2.05, 4.69) is 45.8 Å². The van der Waals surface area contributed by atoms with Crippen LogP contribution in [0.25, 0.3) is 11.2 Å². The lowest BCUT2D eigenvalue weighted by Crippen LogP contribution is -2.54. The number of imide groups is 2. The molecule has 0 radical (unpaired) electrons. The molecule has 4 aliphatic rings. The minimum Gasteiger partial charge on any atom is -0.493 e. The lowest BCUT2D eigenvalue weighted by Gasteiger charge is -2.36. The second-order valence-corrected chi connectivity index (χ2v) is 16.2. The van der Waals surface area contributed by atoms with E-state index >= 15 is 0 Å². The minimum atomic E-state index is -1.07. The number of likely N-dealkylation sites (tertiary alicyclic amines) is 1. The summed E-state index contributed by atoms with van der Waals surface area (Å²) in [5.41, 5.74) is 4.29. The molecule has 18 nitrogen and oxygen atoms in total. The van der Waals surface area contributed by atoms with Gasteiger partial charge in [-0.25, -0.2) is 19.9 Å². The van der Waals surface area contributed by atoms with Gasteiger partial charge in [0.1, 0.15) is 29.3 Å². The van der Waals surface area contributed by atoms with Crippen LogP contribution in [0.3, 0.4) is 0 Å². The molecule has 9 rings (SSSR count). The van der Waals surface area contributed by atoms with Crippen molar-refractivity contribution in [3.05, 3.63) is 101 Å². The quantitative estimate of drug-likeness (QED) is 0.125. The number of rotatable bonds is 13. The van der Waals surface area contributed by atoms with E-state index < -0.39 is 29.7 Å². The number of carbonyl (C=O) groups excluding carboxylic acids is 6. The first-order chi connectivity index (χ1) is 30.1. The first-order valence-electron chi connectivity index (χ1n) is 20.8. The number of piperidine rings is 2. The first-order valence-corrected chi connectivity index (χ1v) is 20.8. The molecule has 6 heterocycles. The Morgan fingerprint density at radius 3 is 2.45 bits per heavy atom. The van der Waals surface area contributed by atoms with Gasteiger partial charge >= 0.3 is 0 Å². The molecule has 0 bridgehead atoms. The van der Waals surface area contributed by atoms with E-state index in [9.17, 15) is 28.8 Å². The maximum Gasteiger partial charge on any atom is 0.270 e. The van der Waals surface area contributed by atoms with Crippen LogP contribution in [0.2, 0.25) is 0 Å². The SMILES string of the molecule is Cc1cccc(C(=O)NC2CC(n3cnc4c(NCc5ccc(OCC6CCN(C(=O)CNc7cccc8c7C(=O)N([C@H]7CCC(=O)NC7=O)C8=O)CC6)cc5)ncnc43)C2)n1. The van der Waals surface area contributed by atoms with Crippen LogP contribution in [0, 0.1) is 12.8 Å². The standard InChI is InChI=1S/C44H45N11O7/c1-25-4-2-7-33(50-25)41(58)51-28-18-29(19-28)54-24-49-38-39(47-23-48-40(38)54)46-20-26-8-10-30(11-9-26)62-22-27-14-16-53(17-15-27)36(57)21-45-32-6-3-5-31-37(32)44(61)55(43(31)60)34-12-13-35(56)52-42(34)59/h2-11,23-24,27-29,34,45H,12-22H2,1H3,(H,51,58)(H,46,47,48)(H,52,56,59)/t28?,29?,34-/m0/s1. The molecule has 2 aromatic carbocycles. The number of carbonyl (C=O) groups is 6. The number of nitrogens with one attached hydrogen (secondary N) is 4. The normalized spacial score (nSPS) is 20.1. The molecular weight excluding hydrogens is 795 g/mol. The largest absolute Gasteiger partial charge is 0.493 e. The number of aromatic nitrogens is 5. The van der Waals surface area contributed by atoms with Crippen molar-refractivity contribution < 1.29 is 33.5 Å². The molecular formula is C44H45N11O7. The average molecular weight is 840 g/mol. The number of pyridine rings is 1. The molecule has 3 fully saturated rings. The Kier molecular flexibility index (Phi) is 11.0. The molecule has 18 heteroatoms. The first kappa shape index (κ1) is 40.2. The fourth-order valence-electron chi connectivity index (χ4n) is 8.51. The van der Waals surface area contributed by atoms with Crippen molar-refractivity contribution in [2.45, 2.75) is 70.1 Å². The number of aryl methyl sites for hydroxylation is 1. The molecule has 1 saturated carbocycles. The zero-order valence-corrected chi connectivity index (χ0v) is 34.0. The van der Waals surface area contributed by atoms with Crippen LogP contribution in [0.15, 0.2) is 73.3 Å². The van der Waals surface area contributed by atoms with E-state index in [0.717, 1.165) is 53.2 Å². The number of ether oxygens (including phenoxy) is 1. The van der Waals surface area contributed by atoms with E-state index in [1.54, 1.807) is 29.4 Å². The Hall–Kier alpha value is -7.24. The summed E-state index contributed by atoms with van der Waals surface area (Å²) in [7, 11) is 0. The Morgan fingerprint density at radius 2 is 1.68 bits per heavy atom. The van der Waals surface area contributed by atoms with E-state index in [1.807, 2.05) is 43.3 Å². The zero-order chi connectivity index (χ0) is 42.9. The van der Waals surface area contributed by atoms with Crippen LogP contribution in [0.4, 0.5) is 11.5 Å². The molecule has 5 aromatic rings. The van der Waals surface area contributed by atoms with Gasteiger partial charge in [0, 0.05) is 49.5 Å². The van der Waals surface area contributed by atoms with Gasteiger partial charge in [0.05, 0.1) is 30.6 Å². The number of nitrogens with zero attached hydrogens (tertiary/aromatic N) is 7. The van der Waals surface area contributed by atoms with Crippen LogP contribution in [-0.2, 0) is 20.9 Å². The number of benzene rings is 2. The fraction of sp³-hybridized carbons (Fsp3) is 0.364. The minimum absolute atomic E-state index is 0.0328. The van der Waals surface area contributed by atoms with Crippen LogP contribution >= 0.6 is 0 Å². The molecule has 2 saturated heterocycles. The monoisotopic (exact) mass is 839 g/mol.